The van der Waals surface area contributed by atoms with Crippen molar-refractivity contribution in [3.63, 3.8) is 0 Å². The smallest absolute Gasteiger partial charge is 0.262 e. The number of piperidine rings is 1. The fraction of sp³-hybridized carbons (Fsp3) is 0.364. The zero-order valence-electron chi connectivity index (χ0n) is 16.4. The van der Waals surface area contributed by atoms with Crippen molar-refractivity contribution in [2.24, 2.45) is 0 Å². The predicted molar refractivity (Wildman–Crippen MR) is 108 cm³/mol. The van der Waals surface area contributed by atoms with Crippen LogP contribution in [0.15, 0.2) is 42.5 Å². The van der Waals surface area contributed by atoms with Gasteiger partial charge in [0.25, 0.3) is 11.8 Å². The van der Waals surface area contributed by atoms with Gasteiger partial charge in [-0.1, -0.05) is 6.07 Å². The highest BCUT2D eigenvalue weighted by Gasteiger charge is 2.18. The van der Waals surface area contributed by atoms with Crippen molar-refractivity contribution in [2.75, 3.05) is 32.1 Å². The summed E-state index contributed by atoms with van der Waals surface area (Å²) in [5.41, 5.74) is 2.31. The summed E-state index contributed by atoms with van der Waals surface area (Å²) in [6.07, 6.45) is 3.31. The maximum atomic E-state index is 12.5. The Morgan fingerprint density at radius 3 is 2.39 bits per heavy atom. The van der Waals surface area contributed by atoms with Gasteiger partial charge in [-0.25, -0.2) is 0 Å². The number of amides is 2. The van der Waals surface area contributed by atoms with E-state index in [0.717, 1.165) is 31.5 Å². The molecule has 1 fully saturated rings. The Labute approximate surface area is 165 Å². The maximum Gasteiger partial charge on any atom is 0.262 e. The number of aryl methyl sites for hydroxylation is 1. The first-order chi connectivity index (χ1) is 13.6. The number of ether oxygens (including phenoxy) is 2. The summed E-state index contributed by atoms with van der Waals surface area (Å²) < 4.78 is 10.8. The van der Waals surface area contributed by atoms with Crippen LogP contribution in [0.4, 0.5) is 5.69 Å². The number of nitrogens with zero attached hydrogens (tertiary/aromatic N) is 1. The molecule has 1 heterocycles. The Morgan fingerprint density at radius 2 is 1.71 bits per heavy atom. The molecule has 0 aromatic heterocycles. The summed E-state index contributed by atoms with van der Waals surface area (Å²) in [5, 5.41) is 2.78. The number of rotatable bonds is 6. The summed E-state index contributed by atoms with van der Waals surface area (Å²) in [6, 6.07) is 12.5. The van der Waals surface area contributed by atoms with E-state index in [1.165, 1.54) is 6.42 Å². The van der Waals surface area contributed by atoms with Crippen LogP contribution in [0.25, 0.3) is 0 Å². The van der Waals surface area contributed by atoms with Gasteiger partial charge in [0.15, 0.2) is 18.1 Å². The van der Waals surface area contributed by atoms with Crippen LogP contribution in [0.1, 0.15) is 35.2 Å². The number of carbonyl (C=O) groups excluding carboxylic acids is 2. The number of benzene rings is 2. The number of carbonyl (C=O) groups is 2. The molecule has 0 bridgehead atoms. The lowest BCUT2D eigenvalue weighted by atomic mass is 10.1. The summed E-state index contributed by atoms with van der Waals surface area (Å²) in [4.78, 5) is 26.5. The molecule has 2 aromatic carbocycles. The molecule has 1 saturated heterocycles. The first kappa shape index (κ1) is 19.7. The molecular weight excluding hydrogens is 356 g/mol. The van der Waals surface area contributed by atoms with E-state index in [0.29, 0.717) is 22.7 Å². The largest absolute Gasteiger partial charge is 0.493 e. The van der Waals surface area contributed by atoms with E-state index in [1.807, 2.05) is 24.0 Å². The molecule has 6 heteroatoms. The second kappa shape index (κ2) is 9.26. The fourth-order valence-corrected chi connectivity index (χ4v) is 3.21. The molecule has 6 nitrogen and oxygen atoms in total. The molecule has 0 aliphatic carbocycles. The van der Waals surface area contributed by atoms with E-state index in [4.69, 9.17) is 9.47 Å². The normalized spacial score (nSPS) is 13.7. The number of anilines is 1. The molecule has 1 N–H and O–H groups in total. The van der Waals surface area contributed by atoms with Crippen LogP contribution in [0.3, 0.4) is 0 Å². The van der Waals surface area contributed by atoms with Gasteiger partial charge in [0.05, 0.1) is 7.11 Å². The molecule has 0 spiro atoms. The molecule has 28 heavy (non-hydrogen) atoms. The molecule has 2 amide bonds. The average molecular weight is 382 g/mol. The van der Waals surface area contributed by atoms with Gasteiger partial charge in [-0.15, -0.1) is 0 Å². The van der Waals surface area contributed by atoms with Crippen LogP contribution < -0.4 is 14.8 Å². The summed E-state index contributed by atoms with van der Waals surface area (Å²) in [6.45, 7) is 3.46. The highest BCUT2D eigenvalue weighted by molar-refractivity contribution is 5.96. The molecule has 3 rings (SSSR count). The number of likely N-dealkylation sites (tertiary alicyclic amines) is 1. The monoisotopic (exact) mass is 382 g/mol. The van der Waals surface area contributed by atoms with Gasteiger partial charge in [0.2, 0.25) is 0 Å². The topological polar surface area (TPSA) is 67.9 Å². The average Bonchev–Trinajstić information content (AvgIpc) is 2.73. The van der Waals surface area contributed by atoms with Crippen LogP contribution in [0.5, 0.6) is 11.5 Å². The highest BCUT2D eigenvalue weighted by Crippen LogP contribution is 2.27. The second-order valence-electron chi connectivity index (χ2n) is 6.92. The van der Waals surface area contributed by atoms with Crippen molar-refractivity contribution in [2.45, 2.75) is 26.2 Å². The minimum Gasteiger partial charge on any atom is -0.493 e. The van der Waals surface area contributed by atoms with Crippen LogP contribution in [-0.4, -0.2) is 43.5 Å². The highest BCUT2D eigenvalue weighted by atomic mass is 16.5. The van der Waals surface area contributed by atoms with Crippen LogP contribution >= 0.6 is 0 Å². The Kier molecular flexibility index (Phi) is 6.53. The maximum absolute atomic E-state index is 12.5. The van der Waals surface area contributed by atoms with Gasteiger partial charge < -0.3 is 19.7 Å². The van der Waals surface area contributed by atoms with Crippen molar-refractivity contribution < 1.29 is 19.1 Å². The van der Waals surface area contributed by atoms with E-state index in [9.17, 15) is 9.59 Å². The van der Waals surface area contributed by atoms with E-state index in [-0.39, 0.29) is 18.4 Å². The lowest BCUT2D eigenvalue weighted by Crippen LogP contribution is -2.35. The first-order valence-corrected chi connectivity index (χ1v) is 9.53. The van der Waals surface area contributed by atoms with Crippen molar-refractivity contribution in [1.82, 2.24) is 4.90 Å². The molecule has 1 aliphatic heterocycles. The van der Waals surface area contributed by atoms with Crippen molar-refractivity contribution >= 4 is 17.5 Å². The third-order valence-electron chi connectivity index (χ3n) is 4.74. The van der Waals surface area contributed by atoms with Crippen LogP contribution in [0.2, 0.25) is 0 Å². The molecule has 148 valence electrons. The minimum atomic E-state index is -0.280. The van der Waals surface area contributed by atoms with Gasteiger partial charge in [-0.05, 0) is 68.1 Å². The second-order valence-corrected chi connectivity index (χ2v) is 6.92. The van der Waals surface area contributed by atoms with Gasteiger partial charge in [-0.2, -0.15) is 0 Å². The number of methoxy groups -OCH3 is 1. The molecule has 0 saturated carbocycles. The van der Waals surface area contributed by atoms with Gasteiger partial charge in [0.1, 0.15) is 0 Å². The van der Waals surface area contributed by atoms with Crippen molar-refractivity contribution in [3.05, 3.63) is 53.6 Å². The van der Waals surface area contributed by atoms with E-state index < -0.39 is 0 Å². The molecule has 1 aliphatic rings. The summed E-state index contributed by atoms with van der Waals surface area (Å²) >= 11 is 0. The fourth-order valence-electron chi connectivity index (χ4n) is 3.21. The van der Waals surface area contributed by atoms with Crippen LogP contribution in [0, 0.1) is 6.92 Å². The van der Waals surface area contributed by atoms with E-state index in [2.05, 4.69) is 5.32 Å². The number of nitrogens with one attached hydrogen (secondary N) is 1. The lowest BCUT2D eigenvalue weighted by molar-refractivity contribution is -0.118. The molecular formula is C22H26N2O4. The zero-order chi connectivity index (χ0) is 19.9. The Balaban J connectivity index is 1.53. The van der Waals surface area contributed by atoms with Crippen molar-refractivity contribution in [1.29, 1.82) is 0 Å². The first-order valence-electron chi connectivity index (χ1n) is 9.53. The quantitative estimate of drug-likeness (QED) is 0.828. The SMILES string of the molecule is COc1cc(C)ccc1OCC(=O)Nc1ccc(C(=O)N2CCCCC2)cc1. The molecule has 0 unspecified atom stereocenters. The van der Waals surface area contributed by atoms with Crippen molar-refractivity contribution in [3.8, 4) is 11.5 Å². The third kappa shape index (κ3) is 5.03. The summed E-state index contributed by atoms with van der Waals surface area (Å²) in [5.74, 6) is 0.879. The van der Waals surface area contributed by atoms with Gasteiger partial charge in [-0.3, -0.25) is 9.59 Å². The van der Waals surface area contributed by atoms with E-state index in [1.54, 1.807) is 37.4 Å². The Morgan fingerprint density at radius 1 is 1.00 bits per heavy atom. The molecule has 0 radical (unpaired) electrons. The van der Waals surface area contributed by atoms with Gasteiger partial charge in [0, 0.05) is 24.3 Å². The van der Waals surface area contributed by atoms with Gasteiger partial charge >= 0.3 is 0 Å². The summed E-state index contributed by atoms with van der Waals surface area (Å²) in [7, 11) is 1.56. The molecule has 2 aromatic rings. The zero-order valence-corrected chi connectivity index (χ0v) is 16.4. The standard InChI is InChI=1S/C22H26N2O4/c1-16-6-11-19(20(14-16)27-2)28-15-21(25)23-18-9-7-17(8-10-18)22(26)24-12-4-3-5-13-24/h6-11,14H,3-5,12-13,15H2,1-2H3,(H,23,25). The number of hydrogen-bond donors (Lipinski definition) is 1. The molecule has 0 atom stereocenters. The Hall–Kier alpha value is -3.02. The Bertz CT molecular complexity index is 827. The third-order valence-corrected chi connectivity index (χ3v) is 4.74. The number of hydrogen-bond acceptors (Lipinski definition) is 4. The van der Waals surface area contributed by atoms with E-state index >= 15 is 0 Å². The predicted octanol–water partition coefficient (Wildman–Crippen LogP) is 3.65. The lowest BCUT2D eigenvalue weighted by Gasteiger charge is -2.26. The van der Waals surface area contributed by atoms with Crippen LogP contribution in [-0.2, 0) is 4.79 Å². The minimum absolute atomic E-state index is 0.0485.